The molecule has 0 spiro atoms. The monoisotopic (exact) mass is 266 g/mol. The molecule has 2 N–H and O–H groups in total. The van der Waals surface area contributed by atoms with Crippen molar-refractivity contribution < 1.29 is 14.5 Å². The molecule has 100 valence electrons. The van der Waals surface area contributed by atoms with Crippen LogP contribution in [0.4, 0.5) is 0 Å². The first-order valence-electron chi connectivity index (χ1n) is 6.20. The molecule has 0 fully saturated rings. The largest absolute Gasteiger partial charge is 0.544 e. The van der Waals surface area contributed by atoms with Crippen LogP contribution in [0, 0.1) is 6.92 Å². The lowest BCUT2D eigenvalue weighted by atomic mass is 9.79. The molecule has 0 aromatic heterocycles. The Morgan fingerprint density at radius 3 is 2.17 bits per heavy atom. The van der Waals surface area contributed by atoms with Gasteiger partial charge in [0.2, 0.25) is 8.32 Å². The molecule has 5 heteroatoms. The zero-order valence-corrected chi connectivity index (χ0v) is 13.1. The van der Waals surface area contributed by atoms with Crippen LogP contribution in [0.15, 0.2) is 18.2 Å². The highest BCUT2D eigenvalue weighted by atomic mass is 28.4. The van der Waals surface area contributed by atoms with Gasteiger partial charge in [-0.15, -0.1) is 0 Å². The van der Waals surface area contributed by atoms with E-state index in [1.54, 1.807) is 6.07 Å². The van der Waals surface area contributed by atoms with Crippen LogP contribution < -0.4 is 9.89 Å². The minimum atomic E-state index is -1.96. The molecule has 0 unspecified atom stereocenters. The molecule has 1 aromatic rings. The van der Waals surface area contributed by atoms with Gasteiger partial charge in [-0.2, -0.15) is 0 Å². The molecule has 0 radical (unpaired) electrons. The molecule has 0 aliphatic heterocycles. The lowest BCUT2D eigenvalue weighted by Crippen LogP contribution is -2.46. The number of benzene rings is 1. The summed E-state index contributed by atoms with van der Waals surface area (Å²) in [5.74, 6) is 0.585. The zero-order valence-electron chi connectivity index (χ0n) is 12.1. The summed E-state index contributed by atoms with van der Waals surface area (Å²) in [6.45, 7) is 12.7. The summed E-state index contributed by atoms with van der Waals surface area (Å²) in [4.78, 5) is 0. The van der Waals surface area contributed by atoms with Crippen LogP contribution in [-0.4, -0.2) is 25.5 Å². The summed E-state index contributed by atoms with van der Waals surface area (Å²) in [6.07, 6.45) is 0. The Morgan fingerprint density at radius 2 is 1.72 bits per heavy atom. The average molecular weight is 266 g/mol. The van der Waals surface area contributed by atoms with Gasteiger partial charge in [-0.05, 0) is 31.1 Å². The van der Waals surface area contributed by atoms with Crippen molar-refractivity contribution >= 4 is 20.9 Å². The Hall–Kier alpha value is -0.778. The maximum Gasteiger partial charge on any atom is 0.492 e. The molecule has 0 atom stereocenters. The number of aryl methyl sites for hydroxylation is 1. The number of rotatable bonds is 3. The van der Waals surface area contributed by atoms with Gasteiger partial charge >= 0.3 is 7.12 Å². The highest BCUT2D eigenvalue weighted by Gasteiger charge is 2.39. The van der Waals surface area contributed by atoms with E-state index in [1.165, 1.54) is 0 Å². The molecule has 0 saturated heterocycles. The minimum absolute atomic E-state index is 0.0789. The molecule has 0 bridgehead atoms. The number of hydrogen-bond acceptors (Lipinski definition) is 3. The molecule has 18 heavy (non-hydrogen) atoms. The van der Waals surface area contributed by atoms with Crippen LogP contribution in [0.5, 0.6) is 5.75 Å². The molecule has 1 aromatic carbocycles. The molecular weight excluding hydrogens is 243 g/mol. The van der Waals surface area contributed by atoms with Crippen LogP contribution >= 0.6 is 0 Å². The Balaban J connectivity index is 3.12. The topological polar surface area (TPSA) is 49.7 Å². The van der Waals surface area contributed by atoms with Gasteiger partial charge in [-0.25, -0.2) is 0 Å². The van der Waals surface area contributed by atoms with E-state index in [2.05, 4.69) is 33.9 Å². The molecule has 0 aliphatic rings. The third-order valence-electron chi connectivity index (χ3n) is 3.61. The fourth-order valence-electron chi connectivity index (χ4n) is 1.39. The van der Waals surface area contributed by atoms with Crippen LogP contribution in [0.1, 0.15) is 26.3 Å². The van der Waals surface area contributed by atoms with Crippen LogP contribution in [-0.2, 0) is 0 Å². The van der Waals surface area contributed by atoms with Gasteiger partial charge in [-0.3, -0.25) is 0 Å². The number of hydrogen-bond donors (Lipinski definition) is 2. The Morgan fingerprint density at radius 1 is 1.17 bits per heavy atom. The van der Waals surface area contributed by atoms with Crippen molar-refractivity contribution in [3.63, 3.8) is 0 Å². The van der Waals surface area contributed by atoms with Gasteiger partial charge < -0.3 is 14.5 Å². The molecule has 0 heterocycles. The Labute approximate surface area is 111 Å². The lowest BCUT2D eigenvalue weighted by molar-refractivity contribution is 0.422. The van der Waals surface area contributed by atoms with Gasteiger partial charge in [0.15, 0.2) is 0 Å². The molecule has 0 aliphatic carbocycles. The maximum atomic E-state index is 9.42. The van der Waals surface area contributed by atoms with E-state index in [1.807, 2.05) is 19.1 Å². The summed E-state index contributed by atoms with van der Waals surface area (Å²) in [5, 5.41) is 18.9. The van der Waals surface area contributed by atoms with E-state index in [-0.39, 0.29) is 5.04 Å². The second-order valence-corrected chi connectivity index (χ2v) is 11.0. The van der Waals surface area contributed by atoms with Crippen molar-refractivity contribution in [1.29, 1.82) is 0 Å². The van der Waals surface area contributed by atoms with E-state index in [4.69, 9.17) is 4.43 Å². The molecule has 1 rings (SSSR count). The predicted octanol–water partition coefficient (Wildman–Crippen LogP) is 2.06. The van der Waals surface area contributed by atoms with Crippen molar-refractivity contribution in [3.05, 3.63) is 23.8 Å². The summed E-state index contributed by atoms with van der Waals surface area (Å²) in [6, 6.07) is 5.51. The smallest absolute Gasteiger partial charge is 0.492 e. The van der Waals surface area contributed by atoms with Gasteiger partial charge in [0.25, 0.3) is 0 Å². The van der Waals surface area contributed by atoms with Gasteiger partial charge in [0.1, 0.15) is 5.75 Å². The third-order valence-corrected chi connectivity index (χ3v) is 7.96. The van der Waals surface area contributed by atoms with Gasteiger partial charge in [0.05, 0.1) is 0 Å². The fourth-order valence-corrected chi connectivity index (χ4v) is 2.43. The summed E-state index contributed by atoms with van der Waals surface area (Å²) >= 11 is 0. The van der Waals surface area contributed by atoms with Crippen LogP contribution in [0.2, 0.25) is 18.1 Å². The summed E-state index contributed by atoms with van der Waals surface area (Å²) in [7, 11) is -3.46. The van der Waals surface area contributed by atoms with E-state index in [9.17, 15) is 10.0 Å². The highest BCUT2D eigenvalue weighted by molar-refractivity contribution is 6.75. The first-order chi connectivity index (χ1) is 8.04. The minimum Gasteiger partial charge on any atom is -0.544 e. The zero-order chi connectivity index (χ0) is 14.1. The summed E-state index contributed by atoms with van der Waals surface area (Å²) < 4.78 is 6.13. The SMILES string of the molecule is Cc1ccc(O[Si](C)(C)C(C)(C)C)c(B(O)O)c1. The van der Waals surface area contributed by atoms with Crippen molar-refractivity contribution in [3.8, 4) is 5.75 Å². The van der Waals surface area contributed by atoms with Gasteiger partial charge in [0, 0.05) is 5.46 Å². The van der Waals surface area contributed by atoms with Crippen LogP contribution in [0.25, 0.3) is 0 Å². The first kappa shape index (κ1) is 15.3. The second kappa shape index (κ2) is 5.07. The van der Waals surface area contributed by atoms with Crippen molar-refractivity contribution in [2.75, 3.05) is 0 Å². The Bertz CT molecular complexity index is 425. The lowest BCUT2D eigenvalue weighted by Gasteiger charge is -2.37. The maximum absolute atomic E-state index is 9.42. The Kier molecular flexibility index (Phi) is 4.31. The highest BCUT2D eigenvalue weighted by Crippen LogP contribution is 2.37. The quantitative estimate of drug-likeness (QED) is 0.823. The van der Waals surface area contributed by atoms with E-state index < -0.39 is 15.4 Å². The van der Waals surface area contributed by atoms with Crippen molar-refractivity contribution in [2.24, 2.45) is 0 Å². The van der Waals surface area contributed by atoms with Crippen molar-refractivity contribution in [1.82, 2.24) is 0 Å². The van der Waals surface area contributed by atoms with Crippen LogP contribution in [0.3, 0.4) is 0 Å². The van der Waals surface area contributed by atoms with E-state index >= 15 is 0 Å². The van der Waals surface area contributed by atoms with Crippen molar-refractivity contribution in [2.45, 2.75) is 45.8 Å². The third kappa shape index (κ3) is 3.37. The van der Waals surface area contributed by atoms with Gasteiger partial charge in [-0.1, -0.05) is 38.5 Å². The predicted molar refractivity (Wildman–Crippen MR) is 78.8 cm³/mol. The standard InChI is InChI=1S/C13H23BO3Si/c1-10-7-8-12(11(9-10)14(15)16)17-18(5,6)13(2,3)4/h7-9,15-16H,1-6H3. The molecule has 0 saturated carbocycles. The average Bonchev–Trinajstić information content (AvgIpc) is 2.18. The first-order valence-corrected chi connectivity index (χ1v) is 9.11. The normalized spacial score (nSPS) is 12.4. The fraction of sp³-hybridized carbons (Fsp3) is 0.538. The van der Waals surface area contributed by atoms with E-state index in [0.29, 0.717) is 11.2 Å². The second-order valence-electron chi connectivity index (χ2n) is 6.28. The summed E-state index contributed by atoms with van der Waals surface area (Å²) in [5.41, 5.74) is 1.43. The van der Waals surface area contributed by atoms with E-state index in [0.717, 1.165) is 5.56 Å². The molecular formula is C13H23BO3Si. The molecule has 3 nitrogen and oxygen atoms in total. The molecule has 0 amide bonds.